The van der Waals surface area contributed by atoms with E-state index in [-0.39, 0.29) is 5.54 Å². The number of rotatable bonds is 2. The highest BCUT2D eigenvalue weighted by Crippen LogP contribution is 2.33. The van der Waals surface area contributed by atoms with Crippen molar-refractivity contribution in [2.75, 3.05) is 13.2 Å². The van der Waals surface area contributed by atoms with Crippen LogP contribution < -0.4 is 0 Å². The van der Waals surface area contributed by atoms with E-state index in [2.05, 4.69) is 21.5 Å². The van der Waals surface area contributed by atoms with E-state index in [0.29, 0.717) is 5.88 Å². The van der Waals surface area contributed by atoms with Gasteiger partial charge in [0.1, 0.15) is 11.3 Å². The van der Waals surface area contributed by atoms with Gasteiger partial charge >= 0.3 is 0 Å². The van der Waals surface area contributed by atoms with Gasteiger partial charge in [-0.15, -0.1) is 11.6 Å². The van der Waals surface area contributed by atoms with E-state index in [9.17, 15) is 0 Å². The van der Waals surface area contributed by atoms with Crippen molar-refractivity contribution < 1.29 is 4.74 Å². The van der Waals surface area contributed by atoms with Gasteiger partial charge in [-0.25, -0.2) is 4.98 Å². The van der Waals surface area contributed by atoms with Crippen LogP contribution in [0.25, 0.3) is 11.0 Å². The number of imidazole rings is 1. The number of hydrogen-bond acceptors (Lipinski definition) is 3. The summed E-state index contributed by atoms with van der Waals surface area (Å²) in [5.74, 6) is 1.34. The lowest BCUT2D eigenvalue weighted by Gasteiger charge is -2.36. The molecule has 3 rings (SSSR count). The van der Waals surface area contributed by atoms with E-state index in [0.717, 1.165) is 42.9 Å². The summed E-state index contributed by atoms with van der Waals surface area (Å²) in [6.45, 7) is 3.85. The zero-order valence-electron chi connectivity index (χ0n) is 10.4. The fourth-order valence-corrected chi connectivity index (χ4v) is 2.89. The molecular formula is C13H16ClN3O. The van der Waals surface area contributed by atoms with Gasteiger partial charge in [0.25, 0.3) is 0 Å². The standard InChI is InChI=1S/C13H16ClN3O/c1-13(3-6-18-7-4-13)17-11-2-5-15-9-10(11)16-12(17)8-14/h2,5,9H,3-4,6-8H2,1H3. The first-order chi connectivity index (χ1) is 8.74. The highest BCUT2D eigenvalue weighted by Gasteiger charge is 2.32. The number of ether oxygens (including phenoxy) is 1. The van der Waals surface area contributed by atoms with Crippen molar-refractivity contribution in [3.8, 4) is 0 Å². The van der Waals surface area contributed by atoms with Crippen molar-refractivity contribution in [2.45, 2.75) is 31.2 Å². The molecule has 1 saturated heterocycles. The van der Waals surface area contributed by atoms with Crippen molar-refractivity contribution in [1.29, 1.82) is 0 Å². The largest absolute Gasteiger partial charge is 0.381 e. The van der Waals surface area contributed by atoms with Crippen molar-refractivity contribution in [1.82, 2.24) is 14.5 Å². The topological polar surface area (TPSA) is 39.9 Å². The number of pyridine rings is 1. The third kappa shape index (κ3) is 1.80. The summed E-state index contributed by atoms with van der Waals surface area (Å²) in [4.78, 5) is 8.71. The van der Waals surface area contributed by atoms with Gasteiger partial charge in [0.15, 0.2) is 0 Å². The first-order valence-corrected chi connectivity index (χ1v) is 6.73. The third-order valence-electron chi connectivity index (χ3n) is 3.76. The van der Waals surface area contributed by atoms with Crippen LogP contribution in [0.1, 0.15) is 25.6 Å². The molecule has 5 heteroatoms. The third-order valence-corrected chi connectivity index (χ3v) is 3.99. The molecule has 0 N–H and O–H groups in total. The van der Waals surface area contributed by atoms with Crippen LogP contribution in [0.5, 0.6) is 0 Å². The Hall–Kier alpha value is -1.13. The molecule has 4 nitrogen and oxygen atoms in total. The van der Waals surface area contributed by atoms with Crippen molar-refractivity contribution in [2.24, 2.45) is 0 Å². The summed E-state index contributed by atoms with van der Waals surface area (Å²) in [5.41, 5.74) is 2.07. The van der Waals surface area contributed by atoms with Gasteiger partial charge in [-0.2, -0.15) is 0 Å². The van der Waals surface area contributed by atoms with Crippen molar-refractivity contribution in [3.05, 3.63) is 24.3 Å². The molecule has 0 saturated carbocycles. The molecule has 0 bridgehead atoms. The molecule has 3 heterocycles. The maximum absolute atomic E-state index is 6.05. The Bertz CT molecular complexity index is 560. The van der Waals surface area contributed by atoms with Gasteiger partial charge < -0.3 is 9.30 Å². The van der Waals surface area contributed by atoms with E-state index >= 15 is 0 Å². The minimum Gasteiger partial charge on any atom is -0.381 e. The number of halogens is 1. The second-order valence-corrected chi connectivity index (χ2v) is 5.24. The Morgan fingerprint density at radius 3 is 2.94 bits per heavy atom. The lowest BCUT2D eigenvalue weighted by molar-refractivity contribution is 0.0303. The minimum absolute atomic E-state index is 0.0403. The minimum atomic E-state index is 0.0403. The average Bonchev–Trinajstić information content (AvgIpc) is 2.78. The highest BCUT2D eigenvalue weighted by molar-refractivity contribution is 6.16. The van der Waals surface area contributed by atoms with Gasteiger partial charge in [0.2, 0.25) is 0 Å². The molecule has 0 unspecified atom stereocenters. The molecule has 96 valence electrons. The Morgan fingerprint density at radius 1 is 1.44 bits per heavy atom. The van der Waals surface area contributed by atoms with Crippen LogP contribution >= 0.6 is 11.6 Å². The zero-order chi connectivity index (χ0) is 12.6. The summed E-state index contributed by atoms with van der Waals surface area (Å²) >= 11 is 6.05. The first kappa shape index (κ1) is 11.9. The molecule has 2 aromatic heterocycles. The summed E-state index contributed by atoms with van der Waals surface area (Å²) in [6.07, 6.45) is 5.58. The monoisotopic (exact) mass is 265 g/mol. The molecule has 1 aliphatic rings. The maximum atomic E-state index is 6.05. The molecule has 2 aromatic rings. The van der Waals surface area contributed by atoms with E-state index in [1.54, 1.807) is 12.4 Å². The van der Waals surface area contributed by atoms with E-state index < -0.39 is 0 Å². The number of nitrogens with zero attached hydrogens (tertiary/aromatic N) is 3. The van der Waals surface area contributed by atoms with Crippen LogP contribution in [0.4, 0.5) is 0 Å². The SMILES string of the molecule is CC1(n2c(CCl)nc3cnccc32)CCOCC1. The molecule has 0 radical (unpaired) electrons. The van der Waals surface area contributed by atoms with Crippen molar-refractivity contribution >= 4 is 22.6 Å². The van der Waals surface area contributed by atoms with Crippen LogP contribution in [-0.2, 0) is 16.2 Å². The first-order valence-electron chi connectivity index (χ1n) is 6.20. The second kappa shape index (κ2) is 4.52. The lowest BCUT2D eigenvalue weighted by atomic mass is 9.91. The van der Waals surface area contributed by atoms with Crippen LogP contribution in [-0.4, -0.2) is 27.7 Å². The number of aromatic nitrogens is 3. The van der Waals surface area contributed by atoms with Crippen LogP contribution in [0.3, 0.4) is 0 Å². The fourth-order valence-electron chi connectivity index (χ4n) is 2.71. The molecule has 0 spiro atoms. The van der Waals surface area contributed by atoms with Gasteiger partial charge in [-0.3, -0.25) is 4.98 Å². The lowest BCUT2D eigenvalue weighted by Crippen LogP contribution is -2.37. The van der Waals surface area contributed by atoms with E-state index in [4.69, 9.17) is 16.3 Å². The van der Waals surface area contributed by atoms with Gasteiger partial charge in [-0.1, -0.05) is 0 Å². The normalized spacial score (nSPS) is 19.2. The van der Waals surface area contributed by atoms with Crippen LogP contribution in [0.2, 0.25) is 0 Å². The Morgan fingerprint density at radius 2 is 2.22 bits per heavy atom. The maximum Gasteiger partial charge on any atom is 0.125 e. The Balaban J connectivity index is 2.19. The summed E-state index contributed by atoms with van der Waals surface area (Å²) < 4.78 is 7.75. The molecule has 0 amide bonds. The second-order valence-electron chi connectivity index (χ2n) is 4.97. The van der Waals surface area contributed by atoms with Gasteiger partial charge in [0.05, 0.1) is 17.6 Å². The van der Waals surface area contributed by atoms with Crippen LogP contribution in [0.15, 0.2) is 18.5 Å². The molecule has 1 fully saturated rings. The number of hydrogen-bond donors (Lipinski definition) is 0. The quantitative estimate of drug-likeness (QED) is 0.784. The average molecular weight is 266 g/mol. The Kier molecular flexibility index (Phi) is 2.99. The highest BCUT2D eigenvalue weighted by atomic mass is 35.5. The predicted octanol–water partition coefficient (Wildman–Crippen LogP) is 2.70. The molecule has 0 aromatic carbocycles. The smallest absolute Gasteiger partial charge is 0.125 e. The summed E-state index contributed by atoms with van der Waals surface area (Å²) in [5, 5.41) is 0. The molecule has 0 aliphatic carbocycles. The molecule has 0 atom stereocenters. The van der Waals surface area contributed by atoms with E-state index in [1.807, 2.05) is 6.07 Å². The molecular weight excluding hydrogens is 250 g/mol. The molecule has 18 heavy (non-hydrogen) atoms. The zero-order valence-corrected chi connectivity index (χ0v) is 11.2. The predicted molar refractivity (Wildman–Crippen MR) is 70.8 cm³/mol. The van der Waals surface area contributed by atoms with Crippen LogP contribution in [0, 0.1) is 0 Å². The number of alkyl halides is 1. The number of fused-ring (bicyclic) bond motifs is 1. The summed E-state index contributed by atoms with van der Waals surface area (Å²) in [7, 11) is 0. The van der Waals surface area contributed by atoms with Crippen molar-refractivity contribution in [3.63, 3.8) is 0 Å². The Labute approximate surface area is 111 Å². The molecule has 1 aliphatic heterocycles. The fraction of sp³-hybridized carbons (Fsp3) is 0.538. The van der Waals surface area contributed by atoms with E-state index in [1.165, 1.54) is 0 Å². The van der Waals surface area contributed by atoms with Gasteiger partial charge in [0, 0.05) is 24.9 Å². The van der Waals surface area contributed by atoms with Gasteiger partial charge in [-0.05, 0) is 25.8 Å². The summed E-state index contributed by atoms with van der Waals surface area (Å²) in [6, 6.07) is 2.01.